The summed E-state index contributed by atoms with van der Waals surface area (Å²) in [5.41, 5.74) is 1.67. The lowest BCUT2D eigenvalue weighted by Gasteiger charge is -2.06. The quantitative estimate of drug-likeness (QED) is 0.845. The van der Waals surface area contributed by atoms with Gasteiger partial charge >= 0.3 is 0 Å². The molecule has 2 rings (SSSR count). The molecule has 5 nitrogen and oxygen atoms in total. The number of aryl methyl sites for hydroxylation is 1. The minimum atomic E-state index is -0.115. The maximum atomic E-state index is 11.7. The number of amides is 1. The summed E-state index contributed by atoms with van der Waals surface area (Å²) in [5, 5.41) is 10.4. The summed E-state index contributed by atoms with van der Waals surface area (Å²) in [4.78, 5) is 15.6. The van der Waals surface area contributed by atoms with Gasteiger partial charge in [-0.25, -0.2) is 4.98 Å². The zero-order valence-corrected chi connectivity index (χ0v) is 11.2. The number of hydrogen-bond acceptors (Lipinski definition) is 4. The molecular weight excluding hydrogens is 272 g/mol. The molecule has 0 unspecified atom stereocenters. The van der Waals surface area contributed by atoms with Crippen LogP contribution in [0.5, 0.6) is 0 Å². The average Bonchev–Trinajstić information content (AvgIpc) is 2.84. The Hall–Kier alpha value is -1.53. The predicted octanol–water partition coefficient (Wildman–Crippen LogP) is 2.50. The maximum Gasteiger partial charge on any atom is 0.234 e. The molecule has 2 aromatic rings. The summed E-state index contributed by atoms with van der Waals surface area (Å²) < 4.78 is 0. The molecule has 0 aliphatic heterocycles. The number of hydrogen-bond donors (Lipinski definition) is 2. The van der Waals surface area contributed by atoms with Crippen LogP contribution in [0.4, 0.5) is 5.69 Å². The number of halogens is 1. The number of nitrogens with zero attached hydrogens (tertiary/aromatic N) is 2. The molecule has 0 radical (unpaired) electrons. The number of carbonyl (C=O) groups excluding carboxylic acids is 1. The first-order chi connectivity index (χ1) is 8.65. The highest BCUT2D eigenvalue weighted by molar-refractivity contribution is 7.99. The van der Waals surface area contributed by atoms with E-state index >= 15 is 0 Å². The standard InChI is InChI=1S/C11H11ClN4OS/c1-7-2-3-8(4-9(7)12)15-10(17)5-18-11-13-6-14-16-11/h2-4,6H,5H2,1H3,(H,15,17)(H,13,14,16). The fourth-order valence-corrected chi connectivity index (χ4v) is 2.02. The molecule has 1 aromatic carbocycles. The van der Waals surface area contributed by atoms with Crippen LogP contribution in [0.25, 0.3) is 0 Å². The first-order valence-electron chi connectivity index (χ1n) is 5.19. The van der Waals surface area contributed by atoms with Gasteiger partial charge in [-0.1, -0.05) is 29.4 Å². The number of H-pyrrole nitrogens is 1. The number of aromatic nitrogens is 3. The van der Waals surface area contributed by atoms with Crippen molar-refractivity contribution in [2.24, 2.45) is 0 Å². The van der Waals surface area contributed by atoms with Crippen LogP contribution >= 0.6 is 23.4 Å². The SMILES string of the molecule is Cc1ccc(NC(=O)CSc2ncn[nH]2)cc1Cl. The van der Waals surface area contributed by atoms with Crippen molar-refractivity contribution in [3.05, 3.63) is 35.1 Å². The van der Waals surface area contributed by atoms with Gasteiger partial charge in [-0.05, 0) is 24.6 Å². The van der Waals surface area contributed by atoms with E-state index in [4.69, 9.17) is 11.6 Å². The molecule has 7 heteroatoms. The molecule has 0 aliphatic carbocycles. The van der Waals surface area contributed by atoms with Crippen LogP contribution in [0, 0.1) is 6.92 Å². The number of aromatic amines is 1. The zero-order chi connectivity index (χ0) is 13.0. The molecule has 0 atom stereocenters. The summed E-state index contributed by atoms with van der Waals surface area (Å²) in [6, 6.07) is 5.41. The van der Waals surface area contributed by atoms with Crippen molar-refractivity contribution in [3.63, 3.8) is 0 Å². The van der Waals surface area contributed by atoms with Crippen LogP contribution in [0.3, 0.4) is 0 Å². The van der Waals surface area contributed by atoms with Crippen LogP contribution < -0.4 is 5.32 Å². The van der Waals surface area contributed by atoms with Crippen molar-refractivity contribution in [2.45, 2.75) is 12.1 Å². The van der Waals surface area contributed by atoms with Gasteiger partial charge in [0.05, 0.1) is 5.75 Å². The van der Waals surface area contributed by atoms with Gasteiger partial charge in [0.1, 0.15) is 6.33 Å². The first-order valence-corrected chi connectivity index (χ1v) is 6.55. The number of rotatable bonds is 4. The van der Waals surface area contributed by atoms with Gasteiger partial charge in [-0.2, -0.15) is 5.10 Å². The van der Waals surface area contributed by atoms with E-state index < -0.39 is 0 Å². The lowest BCUT2D eigenvalue weighted by atomic mass is 10.2. The second kappa shape index (κ2) is 5.88. The summed E-state index contributed by atoms with van der Waals surface area (Å²) in [6.07, 6.45) is 1.40. The van der Waals surface area contributed by atoms with Crippen LogP contribution in [0.2, 0.25) is 5.02 Å². The third-order valence-corrected chi connectivity index (χ3v) is 3.47. The van der Waals surface area contributed by atoms with Crippen molar-refractivity contribution in [1.82, 2.24) is 15.2 Å². The normalized spacial score (nSPS) is 10.3. The molecule has 0 spiro atoms. The van der Waals surface area contributed by atoms with E-state index in [1.54, 1.807) is 6.07 Å². The minimum absolute atomic E-state index is 0.115. The van der Waals surface area contributed by atoms with Gasteiger partial charge in [0, 0.05) is 10.7 Å². The van der Waals surface area contributed by atoms with Crippen molar-refractivity contribution in [2.75, 3.05) is 11.1 Å². The lowest BCUT2D eigenvalue weighted by Crippen LogP contribution is -2.14. The summed E-state index contributed by atoms with van der Waals surface area (Å²) >= 11 is 7.26. The highest BCUT2D eigenvalue weighted by Crippen LogP contribution is 2.20. The fraction of sp³-hybridized carbons (Fsp3) is 0.182. The van der Waals surface area contributed by atoms with E-state index in [9.17, 15) is 4.79 Å². The Kier molecular flexibility index (Phi) is 4.22. The lowest BCUT2D eigenvalue weighted by molar-refractivity contribution is -0.113. The Morgan fingerprint density at radius 3 is 3.06 bits per heavy atom. The Morgan fingerprint density at radius 2 is 2.39 bits per heavy atom. The largest absolute Gasteiger partial charge is 0.325 e. The number of benzene rings is 1. The highest BCUT2D eigenvalue weighted by atomic mass is 35.5. The van der Waals surface area contributed by atoms with Crippen molar-refractivity contribution in [1.29, 1.82) is 0 Å². The maximum absolute atomic E-state index is 11.7. The molecule has 1 amide bonds. The Labute approximate surface area is 113 Å². The molecule has 1 heterocycles. The third kappa shape index (κ3) is 3.48. The number of carbonyl (C=O) groups is 1. The van der Waals surface area contributed by atoms with Gasteiger partial charge in [0.2, 0.25) is 5.91 Å². The second-order valence-electron chi connectivity index (χ2n) is 3.59. The molecule has 0 aliphatic rings. The topological polar surface area (TPSA) is 70.7 Å². The van der Waals surface area contributed by atoms with E-state index in [2.05, 4.69) is 20.5 Å². The molecule has 18 heavy (non-hydrogen) atoms. The molecular formula is C11H11ClN4OS. The van der Waals surface area contributed by atoms with E-state index in [1.807, 2.05) is 19.1 Å². The van der Waals surface area contributed by atoms with E-state index in [1.165, 1.54) is 18.1 Å². The van der Waals surface area contributed by atoms with E-state index in [0.29, 0.717) is 15.9 Å². The summed E-state index contributed by atoms with van der Waals surface area (Å²) in [6.45, 7) is 1.91. The average molecular weight is 283 g/mol. The van der Waals surface area contributed by atoms with Gasteiger partial charge in [0.15, 0.2) is 5.16 Å². The molecule has 1 aromatic heterocycles. The first kappa shape index (κ1) is 12.9. The van der Waals surface area contributed by atoms with Crippen LogP contribution in [0.1, 0.15) is 5.56 Å². The zero-order valence-electron chi connectivity index (χ0n) is 9.61. The van der Waals surface area contributed by atoms with E-state index in [-0.39, 0.29) is 11.7 Å². The van der Waals surface area contributed by atoms with Crippen LogP contribution in [-0.2, 0) is 4.79 Å². The summed E-state index contributed by atoms with van der Waals surface area (Å²) in [7, 11) is 0. The van der Waals surface area contributed by atoms with Gasteiger partial charge in [-0.3, -0.25) is 9.89 Å². The van der Waals surface area contributed by atoms with Gasteiger partial charge in [-0.15, -0.1) is 0 Å². The van der Waals surface area contributed by atoms with Gasteiger partial charge in [0.25, 0.3) is 0 Å². The van der Waals surface area contributed by atoms with Crippen LogP contribution in [-0.4, -0.2) is 26.8 Å². The smallest absolute Gasteiger partial charge is 0.234 e. The highest BCUT2D eigenvalue weighted by Gasteiger charge is 2.06. The monoisotopic (exact) mass is 282 g/mol. The second-order valence-corrected chi connectivity index (χ2v) is 4.96. The Bertz CT molecular complexity index is 544. The predicted molar refractivity (Wildman–Crippen MR) is 71.9 cm³/mol. The molecule has 94 valence electrons. The molecule has 0 fully saturated rings. The Morgan fingerprint density at radius 1 is 1.56 bits per heavy atom. The Balaban J connectivity index is 1.88. The fourth-order valence-electron chi connectivity index (χ4n) is 1.27. The number of anilines is 1. The van der Waals surface area contributed by atoms with Crippen molar-refractivity contribution < 1.29 is 4.79 Å². The number of nitrogens with one attached hydrogen (secondary N) is 2. The van der Waals surface area contributed by atoms with Crippen LogP contribution in [0.15, 0.2) is 29.7 Å². The molecule has 2 N–H and O–H groups in total. The minimum Gasteiger partial charge on any atom is -0.325 e. The van der Waals surface area contributed by atoms with Crippen molar-refractivity contribution >= 4 is 35.0 Å². The van der Waals surface area contributed by atoms with Gasteiger partial charge < -0.3 is 5.32 Å². The van der Waals surface area contributed by atoms with E-state index in [0.717, 1.165) is 5.56 Å². The number of thioether (sulfide) groups is 1. The molecule has 0 saturated carbocycles. The molecule has 0 bridgehead atoms. The molecule has 0 saturated heterocycles. The van der Waals surface area contributed by atoms with Crippen molar-refractivity contribution in [3.8, 4) is 0 Å². The summed E-state index contributed by atoms with van der Waals surface area (Å²) in [5.74, 6) is 0.150. The third-order valence-electron chi connectivity index (χ3n) is 2.19.